The van der Waals surface area contributed by atoms with Gasteiger partial charge in [-0.15, -0.1) is 24.8 Å². The maximum atomic E-state index is 12.2. The quantitative estimate of drug-likeness (QED) is 0.537. The summed E-state index contributed by atoms with van der Waals surface area (Å²) < 4.78 is 10.9. The van der Waals surface area contributed by atoms with Gasteiger partial charge in [0.2, 0.25) is 11.8 Å². The molecule has 2 fully saturated rings. The fourth-order valence-electron chi connectivity index (χ4n) is 3.44. The number of hydrogen-bond donors (Lipinski definition) is 3. The smallest absolute Gasteiger partial charge is 0.249 e. The number of rotatable bonds is 8. The van der Waals surface area contributed by atoms with E-state index in [1.807, 2.05) is 24.3 Å². The Balaban J connectivity index is 0.00000225. The fraction of sp³-hybridized carbons (Fsp3) is 0.600. The van der Waals surface area contributed by atoms with Crippen molar-refractivity contribution < 1.29 is 19.1 Å². The van der Waals surface area contributed by atoms with Crippen LogP contribution in [0.3, 0.4) is 0 Å². The Morgan fingerprint density at radius 2 is 1.93 bits per heavy atom. The van der Waals surface area contributed by atoms with Crippen LogP contribution < -0.4 is 16.4 Å². The van der Waals surface area contributed by atoms with Gasteiger partial charge in [0, 0.05) is 44.8 Å². The number of morpholine rings is 1. The summed E-state index contributed by atoms with van der Waals surface area (Å²) in [5.41, 5.74) is 7.24. The van der Waals surface area contributed by atoms with E-state index in [4.69, 9.17) is 15.2 Å². The molecule has 1 aromatic carbocycles. The Hall–Kier alpha value is -1.42. The minimum Gasteiger partial charge on any atom is -0.379 e. The van der Waals surface area contributed by atoms with Crippen molar-refractivity contribution in [1.29, 1.82) is 0 Å². The van der Waals surface area contributed by atoms with E-state index < -0.39 is 6.10 Å². The fourth-order valence-corrected chi connectivity index (χ4v) is 3.44. The molecule has 3 rings (SSSR count). The molecular weight excluding hydrogens is 431 g/mol. The lowest BCUT2D eigenvalue weighted by Crippen LogP contribution is -2.38. The number of hydrogen-bond acceptors (Lipinski definition) is 6. The van der Waals surface area contributed by atoms with E-state index >= 15 is 0 Å². The molecule has 4 N–H and O–H groups in total. The first kappa shape index (κ1) is 26.6. The van der Waals surface area contributed by atoms with Crippen LogP contribution in [0.25, 0.3) is 0 Å². The van der Waals surface area contributed by atoms with E-state index in [9.17, 15) is 9.59 Å². The Morgan fingerprint density at radius 3 is 2.63 bits per heavy atom. The van der Waals surface area contributed by atoms with Crippen LogP contribution in [-0.2, 0) is 25.6 Å². The molecule has 0 unspecified atom stereocenters. The van der Waals surface area contributed by atoms with Crippen LogP contribution in [-0.4, -0.2) is 68.3 Å². The van der Waals surface area contributed by atoms with Crippen LogP contribution in [0, 0.1) is 0 Å². The van der Waals surface area contributed by atoms with Gasteiger partial charge in [0.15, 0.2) is 0 Å². The van der Waals surface area contributed by atoms with Crippen molar-refractivity contribution in [3.8, 4) is 0 Å². The van der Waals surface area contributed by atoms with E-state index in [2.05, 4.69) is 15.5 Å². The first-order valence-corrected chi connectivity index (χ1v) is 9.96. The number of ether oxygens (including phenoxy) is 2. The average molecular weight is 463 g/mol. The topological polar surface area (TPSA) is 106 Å². The van der Waals surface area contributed by atoms with Gasteiger partial charge in [-0.1, -0.05) is 12.1 Å². The molecule has 2 aliphatic heterocycles. The van der Waals surface area contributed by atoms with Crippen molar-refractivity contribution >= 4 is 42.3 Å². The van der Waals surface area contributed by atoms with Crippen LogP contribution in [0.5, 0.6) is 0 Å². The second-order valence-electron chi connectivity index (χ2n) is 7.23. The number of amides is 2. The molecule has 2 amide bonds. The number of carbonyl (C=O) groups excluding carboxylic acids is 2. The molecule has 0 aliphatic carbocycles. The summed E-state index contributed by atoms with van der Waals surface area (Å²) in [6.07, 6.45) is 1.53. The maximum absolute atomic E-state index is 12.2. The Morgan fingerprint density at radius 1 is 1.17 bits per heavy atom. The number of carbonyl (C=O) groups is 2. The summed E-state index contributed by atoms with van der Waals surface area (Å²) in [5, 5.41) is 5.83. The van der Waals surface area contributed by atoms with Gasteiger partial charge in [0.1, 0.15) is 6.10 Å². The van der Waals surface area contributed by atoms with E-state index in [1.165, 1.54) is 0 Å². The summed E-state index contributed by atoms with van der Waals surface area (Å²) in [6, 6.07) is 7.52. The van der Waals surface area contributed by atoms with Gasteiger partial charge in [0.25, 0.3) is 0 Å². The molecule has 2 saturated heterocycles. The second-order valence-corrected chi connectivity index (χ2v) is 7.23. The number of benzene rings is 1. The zero-order chi connectivity index (χ0) is 19.8. The lowest BCUT2D eigenvalue weighted by atomic mass is 10.1. The van der Waals surface area contributed by atoms with E-state index in [0.717, 1.165) is 50.5 Å². The molecule has 10 heteroatoms. The molecule has 2 heterocycles. The van der Waals surface area contributed by atoms with Gasteiger partial charge in [-0.05, 0) is 30.5 Å². The molecular formula is C20H32Cl2N4O4. The summed E-state index contributed by atoms with van der Waals surface area (Å²) in [4.78, 5) is 26.6. The SMILES string of the molecule is Cl.Cl.NC[C@H]1CC[C@@H](C(=O)NCc2cccc(NC(=O)CCN3CCOCC3)c2)O1. The van der Waals surface area contributed by atoms with Crippen LogP contribution in [0.1, 0.15) is 24.8 Å². The van der Waals surface area contributed by atoms with E-state index in [0.29, 0.717) is 25.9 Å². The van der Waals surface area contributed by atoms with Crippen LogP contribution in [0.15, 0.2) is 24.3 Å². The normalized spacial score (nSPS) is 21.2. The maximum Gasteiger partial charge on any atom is 0.249 e. The van der Waals surface area contributed by atoms with Crippen molar-refractivity contribution in [2.45, 2.75) is 38.0 Å². The number of nitrogens with zero attached hydrogens (tertiary/aromatic N) is 1. The van der Waals surface area contributed by atoms with E-state index in [1.54, 1.807) is 0 Å². The summed E-state index contributed by atoms with van der Waals surface area (Å²) in [7, 11) is 0. The molecule has 170 valence electrons. The lowest BCUT2D eigenvalue weighted by molar-refractivity contribution is -0.132. The van der Waals surface area contributed by atoms with Gasteiger partial charge in [0.05, 0.1) is 19.3 Å². The van der Waals surface area contributed by atoms with Gasteiger partial charge < -0.3 is 25.8 Å². The van der Waals surface area contributed by atoms with Crippen LogP contribution in [0.4, 0.5) is 5.69 Å². The predicted octanol–water partition coefficient (Wildman–Crippen LogP) is 1.31. The van der Waals surface area contributed by atoms with Gasteiger partial charge in [-0.25, -0.2) is 0 Å². The van der Waals surface area contributed by atoms with Crippen LogP contribution in [0.2, 0.25) is 0 Å². The minimum absolute atomic E-state index is 0. The number of nitrogens with one attached hydrogen (secondary N) is 2. The number of anilines is 1. The van der Waals surface area contributed by atoms with Crippen molar-refractivity contribution in [1.82, 2.24) is 10.2 Å². The first-order valence-electron chi connectivity index (χ1n) is 9.96. The molecule has 30 heavy (non-hydrogen) atoms. The molecule has 1 aromatic rings. The Labute approximate surface area is 190 Å². The highest BCUT2D eigenvalue weighted by Crippen LogP contribution is 2.19. The second kappa shape index (κ2) is 13.8. The highest BCUT2D eigenvalue weighted by atomic mass is 35.5. The van der Waals surface area contributed by atoms with Crippen molar-refractivity contribution in [3.05, 3.63) is 29.8 Å². The Bertz CT molecular complexity index is 674. The third kappa shape index (κ3) is 8.37. The molecule has 0 bridgehead atoms. The predicted molar refractivity (Wildman–Crippen MR) is 120 cm³/mol. The number of nitrogens with two attached hydrogens (primary N) is 1. The lowest BCUT2D eigenvalue weighted by Gasteiger charge is -2.26. The number of halogens is 2. The van der Waals surface area contributed by atoms with Crippen molar-refractivity contribution in [3.63, 3.8) is 0 Å². The van der Waals surface area contributed by atoms with Crippen LogP contribution >= 0.6 is 24.8 Å². The van der Waals surface area contributed by atoms with Gasteiger partial charge in [-0.2, -0.15) is 0 Å². The summed E-state index contributed by atoms with van der Waals surface area (Å²) in [5.74, 6) is -0.129. The van der Waals surface area contributed by atoms with Crippen molar-refractivity contribution in [2.24, 2.45) is 5.73 Å². The summed E-state index contributed by atoms with van der Waals surface area (Å²) in [6.45, 7) is 4.78. The minimum atomic E-state index is -0.420. The Kier molecular flexibility index (Phi) is 12.2. The van der Waals surface area contributed by atoms with E-state index in [-0.39, 0.29) is 42.7 Å². The third-order valence-corrected chi connectivity index (χ3v) is 5.10. The molecule has 2 aliphatic rings. The molecule has 8 nitrogen and oxygen atoms in total. The van der Waals surface area contributed by atoms with Gasteiger partial charge >= 0.3 is 0 Å². The molecule has 0 saturated carbocycles. The average Bonchev–Trinajstić information content (AvgIpc) is 3.21. The highest BCUT2D eigenvalue weighted by molar-refractivity contribution is 5.90. The third-order valence-electron chi connectivity index (χ3n) is 5.10. The molecule has 0 spiro atoms. The van der Waals surface area contributed by atoms with Gasteiger partial charge in [-0.3, -0.25) is 14.5 Å². The zero-order valence-electron chi connectivity index (χ0n) is 17.0. The summed E-state index contributed by atoms with van der Waals surface area (Å²) >= 11 is 0. The monoisotopic (exact) mass is 462 g/mol. The molecule has 0 radical (unpaired) electrons. The van der Waals surface area contributed by atoms with Crippen molar-refractivity contribution in [2.75, 3.05) is 44.7 Å². The molecule has 2 atom stereocenters. The highest BCUT2D eigenvalue weighted by Gasteiger charge is 2.29. The largest absolute Gasteiger partial charge is 0.379 e. The zero-order valence-corrected chi connectivity index (χ0v) is 18.6. The standard InChI is InChI=1S/C20H30N4O4.2ClH/c21-13-17-4-5-18(28-17)20(26)22-14-15-2-1-3-16(12-15)23-19(25)6-7-24-8-10-27-11-9-24;;/h1-3,12,17-18H,4-11,13-14,21H2,(H,22,26)(H,23,25);2*1H/t17-,18+;;/m1../s1. The first-order chi connectivity index (χ1) is 13.6. The molecule has 0 aromatic heterocycles.